The number of aliphatic hydroxyl groups is 5. The highest BCUT2D eigenvalue weighted by Gasteiger charge is 2.50. The number of aliphatic hydroxyl groups excluding tert-OH is 5. The van der Waals surface area contributed by atoms with Crippen molar-refractivity contribution in [3.05, 3.63) is 0 Å². The molecule has 0 unspecified atom stereocenters. The minimum atomic E-state index is -1.44. The lowest BCUT2D eigenvalue weighted by molar-refractivity contribution is -0.314. The van der Waals surface area contributed by atoms with Crippen molar-refractivity contribution in [2.45, 2.75) is 98.4 Å². The van der Waals surface area contributed by atoms with E-state index in [0.29, 0.717) is 0 Å². The van der Waals surface area contributed by atoms with Gasteiger partial charge in [0.2, 0.25) is 0 Å². The predicted octanol–water partition coefficient (Wildman–Crippen LogP) is -6.30. The van der Waals surface area contributed by atoms with Crippen molar-refractivity contribution >= 4 is 0 Å². The van der Waals surface area contributed by atoms with Crippen LogP contribution in [0.15, 0.2) is 0 Å². The summed E-state index contributed by atoms with van der Waals surface area (Å²) in [5, 5.41) is 50.7. The molecule has 3 fully saturated rings. The Morgan fingerprint density at radius 1 is 0.719 bits per heavy atom. The van der Waals surface area contributed by atoms with Gasteiger partial charge < -0.3 is 73.1 Å². The summed E-state index contributed by atoms with van der Waals surface area (Å²) in [6.07, 6.45) is -10.8. The Balaban J connectivity index is 1.70. The van der Waals surface area contributed by atoms with Crippen LogP contribution in [0.1, 0.15) is 12.8 Å². The lowest BCUT2D eigenvalue weighted by Crippen LogP contribution is -2.68. The van der Waals surface area contributed by atoms with Crippen LogP contribution >= 0.6 is 0 Å². The van der Waals surface area contributed by atoms with Gasteiger partial charge in [-0.3, -0.25) is 0 Å². The Bertz CT molecular complexity index is 607. The first-order chi connectivity index (χ1) is 15.1. The van der Waals surface area contributed by atoms with Gasteiger partial charge in [-0.1, -0.05) is 0 Å². The van der Waals surface area contributed by atoms with E-state index < -0.39 is 92.2 Å². The highest BCUT2D eigenvalue weighted by molar-refractivity contribution is 5.01. The molecule has 14 nitrogen and oxygen atoms in total. The van der Waals surface area contributed by atoms with Gasteiger partial charge in [0.25, 0.3) is 0 Å². The lowest BCUT2D eigenvalue weighted by atomic mass is 9.84. The molecule has 0 bridgehead atoms. The first kappa shape index (κ1) is 26.1. The quantitative estimate of drug-likeness (QED) is 0.174. The van der Waals surface area contributed by atoms with Crippen molar-refractivity contribution in [3.8, 4) is 0 Å². The topological polar surface area (TPSA) is 268 Å². The fourth-order valence-corrected chi connectivity index (χ4v) is 4.43. The zero-order chi connectivity index (χ0) is 23.7. The molecule has 14 heteroatoms. The minimum absolute atomic E-state index is 0.0542. The standard InChI is InChI=1S/C18H37N5O9/c19-3-9-8(25)2-7(22)17(29-9)31-15-5(20)1-6(21)16(14(15)28)32-18-13(27)11(23)12(26)10(4-24)30-18/h5-18,24-28H,1-4,19-23H2/t5-,6+,7+,8-,9+,10+,11-,12+,13+,14+,15+,16-,17+,18+/m0/s1. The molecule has 0 spiro atoms. The third-order valence-corrected chi connectivity index (χ3v) is 6.41. The average molecular weight is 468 g/mol. The van der Waals surface area contributed by atoms with Gasteiger partial charge in [0.05, 0.1) is 30.9 Å². The Hall–Kier alpha value is -0.560. The van der Waals surface area contributed by atoms with Crippen molar-refractivity contribution in [2.75, 3.05) is 13.2 Å². The fraction of sp³-hybridized carbons (Fsp3) is 1.00. The first-order valence-corrected chi connectivity index (χ1v) is 10.8. The molecule has 2 aliphatic heterocycles. The molecule has 3 aliphatic rings. The summed E-state index contributed by atoms with van der Waals surface area (Å²) in [6, 6.07) is -3.27. The fourth-order valence-electron chi connectivity index (χ4n) is 4.43. The maximum Gasteiger partial charge on any atom is 0.186 e. The van der Waals surface area contributed by atoms with Gasteiger partial charge >= 0.3 is 0 Å². The van der Waals surface area contributed by atoms with E-state index in [9.17, 15) is 25.5 Å². The van der Waals surface area contributed by atoms with Crippen LogP contribution in [0.4, 0.5) is 0 Å². The van der Waals surface area contributed by atoms with E-state index in [-0.39, 0.29) is 19.4 Å². The Morgan fingerprint density at radius 3 is 1.84 bits per heavy atom. The number of hydrogen-bond acceptors (Lipinski definition) is 14. The van der Waals surface area contributed by atoms with E-state index in [1.165, 1.54) is 0 Å². The van der Waals surface area contributed by atoms with Crippen LogP contribution in [0.5, 0.6) is 0 Å². The minimum Gasteiger partial charge on any atom is -0.394 e. The second-order valence-electron chi connectivity index (χ2n) is 8.78. The molecule has 188 valence electrons. The maximum absolute atomic E-state index is 11.0. The average Bonchev–Trinajstić information content (AvgIpc) is 2.75. The molecule has 0 aromatic heterocycles. The Morgan fingerprint density at radius 2 is 1.28 bits per heavy atom. The SMILES string of the molecule is NC[C@H]1O[C@H](O[C@H]2[C@@H](O)[C@@H](O[C@H]3O[C@H](CO)[C@@H](O)[C@H](N)[C@H]3O)[C@H](N)C[C@@H]2N)[C@H](N)C[C@@H]1O. The van der Waals surface area contributed by atoms with E-state index in [1.54, 1.807) is 0 Å². The summed E-state index contributed by atoms with van der Waals surface area (Å²) >= 11 is 0. The Labute approximate surface area is 185 Å². The van der Waals surface area contributed by atoms with Gasteiger partial charge in [-0.2, -0.15) is 0 Å². The van der Waals surface area contributed by atoms with Crippen LogP contribution in [0.2, 0.25) is 0 Å². The molecule has 2 heterocycles. The molecular weight excluding hydrogens is 430 g/mol. The van der Waals surface area contributed by atoms with Gasteiger partial charge in [0, 0.05) is 18.6 Å². The van der Waals surface area contributed by atoms with Gasteiger partial charge in [-0.15, -0.1) is 0 Å². The van der Waals surface area contributed by atoms with E-state index in [0.717, 1.165) is 0 Å². The number of rotatable bonds is 6. The third kappa shape index (κ3) is 5.24. The Kier molecular flexibility index (Phi) is 8.79. The summed E-state index contributed by atoms with van der Waals surface area (Å²) in [5.74, 6) is 0. The van der Waals surface area contributed by atoms with Crippen molar-refractivity contribution in [1.29, 1.82) is 0 Å². The molecule has 15 N–H and O–H groups in total. The molecule has 1 saturated carbocycles. The van der Waals surface area contributed by atoms with E-state index in [2.05, 4.69) is 0 Å². The molecule has 2 saturated heterocycles. The normalized spacial score (nSPS) is 52.7. The monoisotopic (exact) mass is 467 g/mol. The first-order valence-electron chi connectivity index (χ1n) is 10.8. The summed E-state index contributed by atoms with van der Waals surface area (Å²) in [4.78, 5) is 0. The van der Waals surface area contributed by atoms with Crippen LogP contribution in [0, 0.1) is 0 Å². The molecule has 1 aliphatic carbocycles. The van der Waals surface area contributed by atoms with Gasteiger partial charge in [0.1, 0.15) is 36.6 Å². The predicted molar refractivity (Wildman–Crippen MR) is 108 cm³/mol. The molecule has 0 amide bonds. The van der Waals surface area contributed by atoms with Gasteiger partial charge in [-0.25, -0.2) is 0 Å². The van der Waals surface area contributed by atoms with Crippen LogP contribution in [-0.4, -0.2) is 124 Å². The molecule has 0 aromatic rings. The van der Waals surface area contributed by atoms with Gasteiger partial charge in [0.15, 0.2) is 12.6 Å². The second-order valence-corrected chi connectivity index (χ2v) is 8.78. The molecule has 3 rings (SSSR count). The number of hydrogen-bond donors (Lipinski definition) is 10. The number of ether oxygens (including phenoxy) is 4. The molecule has 0 aromatic carbocycles. The molecule has 32 heavy (non-hydrogen) atoms. The van der Waals surface area contributed by atoms with Crippen LogP contribution in [0.3, 0.4) is 0 Å². The van der Waals surface area contributed by atoms with Crippen LogP contribution < -0.4 is 28.7 Å². The summed E-state index contributed by atoms with van der Waals surface area (Å²) < 4.78 is 22.7. The van der Waals surface area contributed by atoms with E-state index in [4.69, 9.17) is 47.6 Å². The molecular formula is C18H37N5O9. The second kappa shape index (κ2) is 10.8. The summed E-state index contributed by atoms with van der Waals surface area (Å²) in [7, 11) is 0. The molecule has 0 radical (unpaired) electrons. The summed E-state index contributed by atoms with van der Waals surface area (Å²) in [6.45, 7) is -0.499. The van der Waals surface area contributed by atoms with E-state index >= 15 is 0 Å². The van der Waals surface area contributed by atoms with Crippen LogP contribution in [-0.2, 0) is 18.9 Å². The summed E-state index contributed by atoms with van der Waals surface area (Å²) in [5.41, 5.74) is 29.8. The third-order valence-electron chi connectivity index (χ3n) is 6.41. The highest BCUT2D eigenvalue weighted by atomic mass is 16.7. The smallest absolute Gasteiger partial charge is 0.186 e. The lowest BCUT2D eigenvalue weighted by Gasteiger charge is -2.47. The molecule has 14 atom stereocenters. The van der Waals surface area contributed by atoms with Crippen molar-refractivity contribution in [1.82, 2.24) is 0 Å². The van der Waals surface area contributed by atoms with Crippen molar-refractivity contribution < 1.29 is 44.5 Å². The largest absolute Gasteiger partial charge is 0.394 e. The van der Waals surface area contributed by atoms with Gasteiger partial charge in [-0.05, 0) is 12.8 Å². The van der Waals surface area contributed by atoms with Crippen molar-refractivity contribution in [2.24, 2.45) is 28.7 Å². The zero-order valence-electron chi connectivity index (χ0n) is 17.7. The maximum atomic E-state index is 11.0. The van der Waals surface area contributed by atoms with Crippen molar-refractivity contribution in [3.63, 3.8) is 0 Å². The number of nitrogens with two attached hydrogens (primary N) is 5. The zero-order valence-corrected chi connectivity index (χ0v) is 17.7. The van der Waals surface area contributed by atoms with Crippen LogP contribution in [0.25, 0.3) is 0 Å². The van der Waals surface area contributed by atoms with E-state index in [1.807, 2.05) is 0 Å². The highest BCUT2D eigenvalue weighted by Crippen LogP contribution is 2.30.